The molecule has 2 aromatic rings. The summed E-state index contributed by atoms with van der Waals surface area (Å²) >= 11 is 0. The number of hydrogen-bond acceptors (Lipinski definition) is 4. The van der Waals surface area contributed by atoms with E-state index in [9.17, 15) is 4.79 Å². The molecular formula is C16H20N2O3. The highest BCUT2D eigenvalue weighted by atomic mass is 16.6. The van der Waals surface area contributed by atoms with Crippen molar-refractivity contribution in [2.24, 2.45) is 0 Å². The van der Waals surface area contributed by atoms with Crippen LogP contribution in [-0.2, 0) is 4.74 Å². The maximum Gasteiger partial charge on any atom is 0.435 e. The Labute approximate surface area is 124 Å². The van der Waals surface area contributed by atoms with E-state index in [4.69, 9.17) is 9.47 Å². The van der Waals surface area contributed by atoms with Crippen molar-refractivity contribution in [1.29, 1.82) is 0 Å². The molecule has 5 nitrogen and oxygen atoms in total. The normalized spacial score (nSPS) is 11.3. The number of carbonyl (C=O) groups excluding carboxylic acids is 1. The van der Waals surface area contributed by atoms with Crippen molar-refractivity contribution in [1.82, 2.24) is 9.78 Å². The first kappa shape index (κ1) is 15.1. The van der Waals surface area contributed by atoms with Crippen LogP contribution in [0.2, 0.25) is 0 Å². The van der Waals surface area contributed by atoms with E-state index in [2.05, 4.69) is 5.10 Å². The lowest BCUT2D eigenvalue weighted by Gasteiger charge is -2.19. The van der Waals surface area contributed by atoms with Gasteiger partial charge in [0, 0.05) is 11.3 Å². The number of nitrogens with zero attached hydrogens (tertiary/aromatic N) is 2. The highest BCUT2D eigenvalue weighted by molar-refractivity contribution is 5.74. The Morgan fingerprint density at radius 1 is 1.24 bits per heavy atom. The van der Waals surface area contributed by atoms with E-state index in [1.165, 1.54) is 4.68 Å². The Morgan fingerprint density at radius 3 is 2.52 bits per heavy atom. The van der Waals surface area contributed by atoms with Crippen LogP contribution in [-0.4, -0.2) is 28.6 Å². The zero-order valence-electron chi connectivity index (χ0n) is 13.0. The van der Waals surface area contributed by atoms with E-state index in [1.54, 1.807) is 7.11 Å². The Morgan fingerprint density at radius 2 is 1.90 bits per heavy atom. The molecule has 1 heterocycles. The predicted molar refractivity (Wildman–Crippen MR) is 80.6 cm³/mol. The Hall–Kier alpha value is -2.30. The van der Waals surface area contributed by atoms with E-state index < -0.39 is 11.7 Å². The van der Waals surface area contributed by atoms with Crippen LogP contribution in [0.3, 0.4) is 0 Å². The molecule has 0 saturated carbocycles. The standard InChI is InChI=1S/C16H20N2O3/c1-11-10-13(12-8-6-7-9-14(12)20-5)17-18(11)15(19)21-16(2,3)4/h6-10H,1-5H3. The van der Waals surface area contributed by atoms with E-state index >= 15 is 0 Å². The number of para-hydroxylation sites is 1. The highest BCUT2D eigenvalue weighted by Gasteiger charge is 2.21. The van der Waals surface area contributed by atoms with Crippen molar-refractivity contribution >= 4 is 6.09 Å². The average molecular weight is 288 g/mol. The van der Waals surface area contributed by atoms with E-state index in [0.29, 0.717) is 17.1 Å². The zero-order chi connectivity index (χ0) is 15.6. The van der Waals surface area contributed by atoms with Crippen LogP contribution >= 0.6 is 0 Å². The van der Waals surface area contributed by atoms with E-state index in [1.807, 2.05) is 58.0 Å². The number of ether oxygens (including phenoxy) is 2. The molecule has 112 valence electrons. The molecule has 21 heavy (non-hydrogen) atoms. The predicted octanol–water partition coefficient (Wildman–Crippen LogP) is 3.65. The van der Waals surface area contributed by atoms with Crippen molar-refractivity contribution in [2.45, 2.75) is 33.3 Å². The van der Waals surface area contributed by atoms with Gasteiger partial charge in [-0.05, 0) is 45.9 Å². The largest absolute Gasteiger partial charge is 0.496 e. The number of aromatic nitrogens is 2. The highest BCUT2D eigenvalue weighted by Crippen LogP contribution is 2.29. The molecular weight excluding hydrogens is 268 g/mol. The van der Waals surface area contributed by atoms with Gasteiger partial charge in [0.15, 0.2) is 0 Å². The average Bonchev–Trinajstić information content (AvgIpc) is 2.79. The molecule has 0 bridgehead atoms. The van der Waals surface area contributed by atoms with E-state index in [-0.39, 0.29) is 0 Å². The fraction of sp³-hybridized carbons (Fsp3) is 0.375. The van der Waals surface area contributed by atoms with Gasteiger partial charge in [0.1, 0.15) is 11.4 Å². The van der Waals surface area contributed by atoms with Gasteiger partial charge in [-0.1, -0.05) is 12.1 Å². The van der Waals surface area contributed by atoms with Crippen molar-refractivity contribution in [3.63, 3.8) is 0 Å². The molecule has 0 spiro atoms. The van der Waals surface area contributed by atoms with Crippen LogP contribution in [0.4, 0.5) is 4.79 Å². The third-order valence-corrected chi connectivity index (χ3v) is 2.84. The molecule has 0 aliphatic carbocycles. The van der Waals surface area contributed by atoms with Gasteiger partial charge in [-0.3, -0.25) is 0 Å². The minimum Gasteiger partial charge on any atom is -0.496 e. The molecule has 2 rings (SSSR count). The van der Waals surface area contributed by atoms with E-state index in [0.717, 1.165) is 5.56 Å². The number of aryl methyl sites for hydroxylation is 1. The zero-order valence-corrected chi connectivity index (χ0v) is 13.0. The van der Waals surface area contributed by atoms with Gasteiger partial charge in [0.05, 0.1) is 12.8 Å². The number of benzene rings is 1. The summed E-state index contributed by atoms with van der Waals surface area (Å²) in [5.74, 6) is 0.714. The SMILES string of the molecule is COc1ccccc1-c1cc(C)n(C(=O)OC(C)(C)C)n1. The fourth-order valence-electron chi connectivity index (χ4n) is 1.95. The quantitative estimate of drug-likeness (QED) is 0.846. The molecule has 0 radical (unpaired) electrons. The molecule has 0 aliphatic heterocycles. The summed E-state index contributed by atoms with van der Waals surface area (Å²) in [5, 5.41) is 4.33. The minimum absolute atomic E-state index is 0.485. The van der Waals surface area contributed by atoms with Crippen LogP contribution in [0, 0.1) is 6.92 Å². The van der Waals surface area contributed by atoms with Crippen LogP contribution < -0.4 is 4.74 Å². The van der Waals surface area contributed by atoms with Crippen LogP contribution in [0.1, 0.15) is 26.5 Å². The first-order chi connectivity index (χ1) is 9.81. The third-order valence-electron chi connectivity index (χ3n) is 2.84. The van der Waals surface area contributed by atoms with Crippen LogP contribution in [0.15, 0.2) is 30.3 Å². The monoisotopic (exact) mass is 288 g/mol. The van der Waals surface area contributed by atoms with Crippen LogP contribution in [0.5, 0.6) is 5.75 Å². The van der Waals surface area contributed by atoms with Crippen molar-refractivity contribution in [3.05, 3.63) is 36.0 Å². The summed E-state index contributed by atoms with van der Waals surface area (Å²) in [7, 11) is 1.61. The maximum atomic E-state index is 12.1. The first-order valence-corrected chi connectivity index (χ1v) is 6.75. The molecule has 0 fully saturated rings. The summed E-state index contributed by atoms with van der Waals surface area (Å²) in [6.07, 6.45) is -0.485. The number of carbonyl (C=O) groups is 1. The topological polar surface area (TPSA) is 53.4 Å². The van der Waals surface area contributed by atoms with Crippen molar-refractivity contribution in [3.8, 4) is 17.0 Å². The van der Waals surface area contributed by atoms with Crippen molar-refractivity contribution in [2.75, 3.05) is 7.11 Å². The lowest BCUT2D eigenvalue weighted by atomic mass is 10.1. The number of rotatable bonds is 2. The second-order valence-electron chi connectivity index (χ2n) is 5.76. The fourth-order valence-corrected chi connectivity index (χ4v) is 1.95. The first-order valence-electron chi connectivity index (χ1n) is 6.75. The molecule has 1 aromatic carbocycles. The molecule has 0 atom stereocenters. The Balaban J connectivity index is 2.37. The lowest BCUT2D eigenvalue weighted by molar-refractivity contribution is 0.0511. The Bertz CT molecular complexity index is 654. The minimum atomic E-state index is -0.555. The summed E-state index contributed by atoms with van der Waals surface area (Å²) in [6.45, 7) is 7.29. The molecule has 0 aliphatic rings. The van der Waals surface area contributed by atoms with Gasteiger partial charge in [-0.2, -0.15) is 9.78 Å². The number of methoxy groups -OCH3 is 1. The Kier molecular flexibility index (Phi) is 4.02. The van der Waals surface area contributed by atoms with Crippen molar-refractivity contribution < 1.29 is 14.3 Å². The molecule has 5 heteroatoms. The summed E-state index contributed by atoms with van der Waals surface area (Å²) in [5.41, 5.74) is 1.67. The second-order valence-corrected chi connectivity index (χ2v) is 5.76. The second kappa shape index (κ2) is 5.60. The van der Waals surface area contributed by atoms with Crippen LogP contribution in [0.25, 0.3) is 11.3 Å². The molecule has 0 saturated heterocycles. The smallest absolute Gasteiger partial charge is 0.435 e. The summed E-state index contributed by atoms with van der Waals surface area (Å²) < 4.78 is 11.9. The molecule has 0 amide bonds. The molecule has 1 aromatic heterocycles. The molecule has 0 unspecified atom stereocenters. The van der Waals surface area contributed by atoms with Gasteiger partial charge >= 0.3 is 6.09 Å². The summed E-state index contributed by atoms with van der Waals surface area (Å²) in [6, 6.07) is 9.39. The van der Waals surface area contributed by atoms with Gasteiger partial charge in [0.2, 0.25) is 0 Å². The summed E-state index contributed by atoms with van der Waals surface area (Å²) in [4.78, 5) is 12.1. The van der Waals surface area contributed by atoms with Gasteiger partial charge < -0.3 is 9.47 Å². The van der Waals surface area contributed by atoms with Gasteiger partial charge in [-0.25, -0.2) is 4.79 Å². The molecule has 0 N–H and O–H groups in total. The lowest BCUT2D eigenvalue weighted by Crippen LogP contribution is -2.28. The third kappa shape index (κ3) is 3.42. The maximum absolute atomic E-state index is 12.1. The van der Waals surface area contributed by atoms with Gasteiger partial charge in [-0.15, -0.1) is 0 Å². The van der Waals surface area contributed by atoms with Gasteiger partial charge in [0.25, 0.3) is 0 Å². The number of hydrogen-bond donors (Lipinski definition) is 0.